The van der Waals surface area contributed by atoms with Gasteiger partial charge in [-0.05, 0) is 56.3 Å². The van der Waals surface area contributed by atoms with Crippen LogP contribution >= 0.6 is 0 Å². The van der Waals surface area contributed by atoms with Crippen molar-refractivity contribution in [2.24, 2.45) is 0 Å². The van der Waals surface area contributed by atoms with Gasteiger partial charge in [0, 0.05) is 44.0 Å². The van der Waals surface area contributed by atoms with E-state index >= 15 is 0 Å². The van der Waals surface area contributed by atoms with Crippen molar-refractivity contribution in [3.63, 3.8) is 0 Å². The number of hydrogen-bond donors (Lipinski definition) is 0. The van der Waals surface area contributed by atoms with Crippen LogP contribution < -0.4 is 0 Å². The number of aromatic nitrogens is 4. The van der Waals surface area contributed by atoms with Crippen LogP contribution in [0.1, 0.15) is 0 Å². The van der Waals surface area contributed by atoms with Crippen molar-refractivity contribution in [2.45, 2.75) is 0 Å². The maximum Gasteiger partial charge on any atom is 0.165 e. The maximum atomic E-state index is 5.52. The minimum absolute atomic E-state index is 0.615. The van der Waals surface area contributed by atoms with Crippen LogP contribution in [-0.4, -0.2) is 19.5 Å². The Labute approximate surface area is 352 Å². The second kappa shape index (κ2) is 14.3. The van der Waals surface area contributed by atoms with Crippen molar-refractivity contribution >= 4 is 54.1 Å². The first-order chi connectivity index (χ1) is 30.3. The third-order valence-electron chi connectivity index (χ3n) is 12.0. The molecule has 0 aliphatic carbocycles. The zero-order valence-electron chi connectivity index (χ0n) is 33.1. The Morgan fingerprint density at radius 2 is 0.787 bits per heavy atom. The first kappa shape index (κ1) is 34.8. The van der Waals surface area contributed by atoms with Gasteiger partial charge < -0.3 is 4.57 Å². The van der Waals surface area contributed by atoms with Crippen molar-refractivity contribution < 1.29 is 0 Å². The van der Waals surface area contributed by atoms with Gasteiger partial charge in [-0.1, -0.05) is 200 Å². The SMILES string of the molecule is c1ccc(-c2nc(-c3cccc4ccccc34)nc(-c3c(-c4ccccc4)c(-c4ccccc4)c(-n4c5ccccc5c5cc6ccccc6cc54)c4ccccc34)n2)cc1. The smallest absolute Gasteiger partial charge is 0.165 e. The summed E-state index contributed by atoms with van der Waals surface area (Å²) in [6, 6.07) is 77.6. The molecular weight excluding hydrogens is 741 g/mol. The molecule has 2 aromatic heterocycles. The van der Waals surface area contributed by atoms with Crippen LogP contribution in [0, 0.1) is 0 Å². The average Bonchev–Trinajstić information content (AvgIpc) is 3.65. The lowest BCUT2D eigenvalue weighted by Gasteiger charge is -2.25. The molecule has 0 aliphatic rings. The van der Waals surface area contributed by atoms with Gasteiger partial charge in [-0.3, -0.25) is 0 Å². The number of rotatable bonds is 6. The van der Waals surface area contributed by atoms with Gasteiger partial charge in [0.2, 0.25) is 0 Å². The van der Waals surface area contributed by atoms with Crippen LogP contribution in [0.15, 0.2) is 218 Å². The number of nitrogens with zero attached hydrogens (tertiary/aromatic N) is 4. The Bertz CT molecular complexity index is 3630. The molecule has 0 spiro atoms. The van der Waals surface area contributed by atoms with E-state index in [2.05, 4.69) is 205 Å². The highest BCUT2D eigenvalue weighted by Crippen LogP contribution is 2.50. The van der Waals surface area contributed by atoms with Gasteiger partial charge in [-0.2, -0.15) is 0 Å². The van der Waals surface area contributed by atoms with Gasteiger partial charge in [0.15, 0.2) is 17.5 Å². The average molecular weight is 777 g/mol. The summed E-state index contributed by atoms with van der Waals surface area (Å²) < 4.78 is 2.50. The van der Waals surface area contributed by atoms with E-state index in [0.29, 0.717) is 17.5 Å². The third-order valence-corrected chi connectivity index (χ3v) is 12.0. The molecule has 10 aromatic carbocycles. The largest absolute Gasteiger partial charge is 0.308 e. The van der Waals surface area contributed by atoms with Crippen molar-refractivity contribution in [3.8, 4) is 62.1 Å². The Morgan fingerprint density at radius 1 is 0.279 bits per heavy atom. The molecule has 2 heterocycles. The topological polar surface area (TPSA) is 43.6 Å². The zero-order chi connectivity index (χ0) is 40.3. The molecule has 0 N–H and O–H groups in total. The molecule has 0 saturated heterocycles. The summed E-state index contributed by atoms with van der Waals surface area (Å²) in [7, 11) is 0. The van der Waals surface area contributed by atoms with Crippen LogP contribution in [0.3, 0.4) is 0 Å². The molecule has 12 rings (SSSR count). The summed E-state index contributed by atoms with van der Waals surface area (Å²) in [6.45, 7) is 0. The predicted molar refractivity (Wildman–Crippen MR) is 254 cm³/mol. The minimum Gasteiger partial charge on any atom is -0.308 e. The maximum absolute atomic E-state index is 5.52. The van der Waals surface area contributed by atoms with Gasteiger partial charge in [0.25, 0.3) is 0 Å². The molecule has 61 heavy (non-hydrogen) atoms. The lowest BCUT2D eigenvalue weighted by atomic mass is 9.84. The van der Waals surface area contributed by atoms with Crippen molar-refractivity contribution in [1.82, 2.24) is 19.5 Å². The van der Waals surface area contributed by atoms with Crippen molar-refractivity contribution in [1.29, 1.82) is 0 Å². The van der Waals surface area contributed by atoms with Crippen LogP contribution in [0.25, 0.3) is 116 Å². The Morgan fingerprint density at radius 3 is 1.51 bits per heavy atom. The quantitative estimate of drug-likeness (QED) is 0.169. The standard InChI is InChI=1S/C57H36N4/c1-4-20-38(21-5-1)51-52(39-22-6-2-7-23-39)54(61-49-34-17-16-30-44(49)48-35-41-26-10-11-27-42(41)36-50(48)61)46-32-15-14-31-45(46)53(51)57-59-55(40-24-8-3-9-25-40)58-56(60-57)47-33-18-28-37-19-12-13-29-43(37)47/h1-36H. The van der Waals surface area contributed by atoms with Crippen LogP contribution in [0.4, 0.5) is 0 Å². The molecule has 4 nitrogen and oxygen atoms in total. The molecule has 284 valence electrons. The monoisotopic (exact) mass is 776 g/mol. The second-order valence-electron chi connectivity index (χ2n) is 15.5. The number of fused-ring (bicyclic) bond motifs is 6. The van der Waals surface area contributed by atoms with Gasteiger partial charge in [-0.25, -0.2) is 15.0 Å². The lowest BCUT2D eigenvalue weighted by Crippen LogP contribution is -2.06. The van der Waals surface area contributed by atoms with E-state index in [4.69, 9.17) is 15.0 Å². The van der Waals surface area contributed by atoms with E-state index in [9.17, 15) is 0 Å². The van der Waals surface area contributed by atoms with Crippen molar-refractivity contribution in [2.75, 3.05) is 0 Å². The predicted octanol–water partition coefficient (Wildman–Crippen LogP) is 14.8. The highest BCUT2D eigenvalue weighted by molar-refractivity contribution is 6.19. The van der Waals surface area contributed by atoms with Gasteiger partial charge in [0.1, 0.15) is 0 Å². The van der Waals surface area contributed by atoms with E-state index in [1.807, 2.05) is 18.2 Å². The minimum atomic E-state index is 0.615. The molecule has 0 aliphatic heterocycles. The van der Waals surface area contributed by atoms with Crippen molar-refractivity contribution in [3.05, 3.63) is 218 Å². The van der Waals surface area contributed by atoms with Gasteiger partial charge in [-0.15, -0.1) is 0 Å². The number of benzene rings is 10. The highest BCUT2D eigenvalue weighted by atomic mass is 15.0. The summed E-state index contributed by atoms with van der Waals surface area (Å²) in [6.07, 6.45) is 0. The first-order valence-corrected chi connectivity index (χ1v) is 20.7. The molecule has 12 aromatic rings. The van der Waals surface area contributed by atoms with Crippen LogP contribution in [-0.2, 0) is 0 Å². The molecule has 0 radical (unpaired) electrons. The highest BCUT2D eigenvalue weighted by Gasteiger charge is 2.28. The molecule has 0 amide bonds. The fourth-order valence-electron chi connectivity index (χ4n) is 9.31. The number of para-hydroxylation sites is 1. The summed E-state index contributed by atoms with van der Waals surface area (Å²) in [4.78, 5) is 16.2. The van der Waals surface area contributed by atoms with E-state index in [1.54, 1.807) is 0 Å². The fourth-order valence-corrected chi connectivity index (χ4v) is 9.31. The Kier molecular flexibility index (Phi) is 8.13. The summed E-state index contributed by atoms with van der Waals surface area (Å²) in [5, 5.41) is 9.22. The summed E-state index contributed by atoms with van der Waals surface area (Å²) in [5.74, 6) is 1.86. The van der Waals surface area contributed by atoms with E-state index in [1.165, 1.54) is 21.5 Å². The molecule has 0 saturated carbocycles. The van der Waals surface area contributed by atoms with Crippen LogP contribution in [0.2, 0.25) is 0 Å². The summed E-state index contributed by atoms with van der Waals surface area (Å²) in [5.41, 5.74) is 10.6. The van der Waals surface area contributed by atoms with E-state index < -0.39 is 0 Å². The van der Waals surface area contributed by atoms with Gasteiger partial charge in [0.05, 0.1) is 16.7 Å². The van der Waals surface area contributed by atoms with E-state index in [0.717, 1.165) is 77.2 Å². The van der Waals surface area contributed by atoms with Gasteiger partial charge >= 0.3 is 0 Å². The Hall–Kier alpha value is -8.21. The molecule has 0 atom stereocenters. The second-order valence-corrected chi connectivity index (χ2v) is 15.5. The molecule has 0 unspecified atom stereocenters. The Balaban J connectivity index is 1.29. The van der Waals surface area contributed by atoms with Crippen LogP contribution in [0.5, 0.6) is 0 Å². The normalized spacial score (nSPS) is 11.6. The molecular formula is C57H36N4. The number of hydrogen-bond acceptors (Lipinski definition) is 3. The molecule has 4 heteroatoms. The zero-order valence-corrected chi connectivity index (χ0v) is 33.1. The fraction of sp³-hybridized carbons (Fsp3) is 0. The summed E-state index contributed by atoms with van der Waals surface area (Å²) >= 11 is 0. The lowest BCUT2D eigenvalue weighted by molar-refractivity contribution is 1.08. The first-order valence-electron chi connectivity index (χ1n) is 20.7. The molecule has 0 fully saturated rings. The molecule has 0 bridgehead atoms. The van der Waals surface area contributed by atoms with E-state index in [-0.39, 0.29) is 0 Å². The third kappa shape index (κ3) is 5.72.